The summed E-state index contributed by atoms with van der Waals surface area (Å²) in [6.45, 7) is 5.67. The molecule has 9 heteroatoms. The monoisotopic (exact) mass is 537 g/mol. The Kier molecular flexibility index (Phi) is 8.45. The standard InChI is InChI=1S/C29H35N3O5S/c1-29(2,3)25(33)17-38-28-31-22-15-18(26(34)30-19-12-14-23(36-4)24(16-19)37-5)11-13-21(22)27(35)32(28)20-9-7-6-8-10-20/h11-16,20H,6-10,17H2,1-5H3,(H,30,34). The second-order valence-corrected chi connectivity index (χ2v) is 11.5. The molecule has 38 heavy (non-hydrogen) atoms. The van der Waals surface area contributed by atoms with Crippen molar-refractivity contribution in [2.24, 2.45) is 5.41 Å². The van der Waals surface area contributed by atoms with Gasteiger partial charge in [-0.3, -0.25) is 19.0 Å². The molecule has 0 saturated heterocycles. The number of benzene rings is 2. The third-order valence-corrected chi connectivity index (χ3v) is 7.83. The van der Waals surface area contributed by atoms with Crippen molar-refractivity contribution in [1.82, 2.24) is 9.55 Å². The Morgan fingerprint density at radius 2 is 1.74 bits per heavy atom. The quantitative estimate of drug-likeness (QED) is 0.283. The Bertz CT molecular complexity index is 1400. The normalized spacial score (nSPS) is 14.3. The predicted molar refractivity (Wildman–Crippen MR) is 151 cm³/mol. The lowest BCUT2D eigenvalue weighted by Gasteiger charge is -2.26. The summed E-state index contributed by atoms with van der Waals surface area (Å²) in [6.07, 6.45) is 5.13. The molecule has 3 aromatic rings. The van der Waals surface area contributed by atoms with Crippen LogP contribution in [-0.2, 0) is 4.79 Å². The van der Waals surface area contributed by atoms with Crippen LogP contribution in [0.25, 0.3) is 10.9 Å². The number of nitrogens with zero attached hydrogens (tertiary/aromatic N) is 2. The number of nitrogens with one attached hydrogen (secondary N) is 1. The maximum absolute atomic E-state index is 13.7. The van der Waals surface area contributed by atoms with E-state index < -0.39 is 5.41 Å². The molecule has 1 heterocycles. The molecule has 1 saturated carbocycles. The number of amides is 1. The third-order valence-electron chi connectivity index (χ3n) is 6.88. The van der Waals surface area contributed by atoms with Crippen LogP contribution in [0.1, 0.15) is 69.3 Å². The SMILES string of the molecule is COc1ccc(NC(=O)c2ccc3c(=O)n(C4CCCCC4)c(SCC(=O)C(C)(C)C)nc3c2)cc1OC. The topological polar surface area (TPSA) is 99.5 Å². The number of hydrogen-bond donors (Lipinski definition) is 1. The van der Waals surface area contributed by atoms with Gasteiger partial charge in [-0.1, -0.05) is 51.8 Å². The van der Waals surface area contributed by atoms with Crippen LogP contribution in [0.4, 0.5) is 5.69 Å². The summed E-state index contributed by atoms with van der Waals surface area (Å²) in [7, 11) is 3.08. The van der Waals surface area contributed by atoms with Gasteiger partial charge in [-0.15, -0.1) is 0 Å². The average molecular weight is 538 g/mol. The van der Waals surface area contributed by atoms with Gasteiger partial charge >= 0.3 is 0 Å². The van der Waals surface area contributed by atoms with E-state index in [2.05, 4.69) is 5.32 Å². The number of Topliss-reactive ketones (excluding diaryl/α,β-unsaturated/α-hetero) is 1. The largest absolute Gasteiger partial charge is 0.493 e. The van der Waals surface area contributed by atoms with Crippen molar-refractivity contribution < 1.29 is 19.1 Å². The van der Waals surface area contributed by atoms with Crippen LogP contribution in [0.5, 0.6) is 11.5 Å². The molecule has 4 rings (SSSR count). The molecule has 0 bridgehead atoms. The number of ether oxygens (including phenoxy) is 2. The number of fused-ring (bicyclic) bond motifs is 1. The van der Waals surface area contributed by atoms with Crippen molar-refractivity contribution in [1.29, 1.82) is 0 Å². The van der Waals surface area contributed by atoms with Crippen molar-refractivity contribution in [2.75, 3.05) is 25.3 Å². The minimum atomic E-state index is -0.477. The zero-order valence-corrected chi connectivity index (χ0v) is 23.4. The second-order valence-electron chi connectivity index (χ2n) is 10.6. The number of hydrogen-bond acceptors (Lipinski definition) is 7. The molecule has 1 aliphatic rings. The van der Waals surface area contributed by atoms with Crippen LogP contribution in [-0.4, -0.2) is 41.2 Å². The van der Waals surface area contributed by atoms with Gasteiger partial charge in [0.15, 0.2) is 16.7 Å². The van der Waals surface area contributed by atoms with Gasteiger partial charge in [-0.2, -0.15) is 0 Å². The first-order valence-electron chi connectivity index (χ1n) is 12.9. The number of anilines is 1. The molecule has 1 fully saturated rings. The van der Waals surface area contributed by atoms with E-state index in [0.717, 1.165) is 32.1 Å². The van der Waals surface area contributed by atoms with Crippen LogP contribution >= 0.6 is 11.8 Å². The Morgan fingerprint density at radius 3 is 2.39 bits per heavy atom. The lowest BCUT2D eigenvalue weighted by Crippen LogP contribution is -2.30. The minimum Gasteiger partial charge on any atom is -0.493 e. The number of rotatable bonds is 8. The fraction of sp³-hybridized carbons (Fsp3) is 0.448. The zero-order chi connectivity index (χ0) is 27.4. The van der Waals surface area contributed by atoms with Crippen LogP contribution in [0.15, 0.2) is 46.3 Å². The highest BCUT2D eigenvalue weighted by Crippen LogP contribution is 2.33. The molecule has 0 unspecified atom stereocenters. The van der Waals surface area contributed by atoms with Gasteiger partial charge in [0.05, 0.1) is 30.9 Å². The third kappa shape index (κ3) is 6.04. The highest BCUT2D eigenvalue weighted by Gasteiger charge is 2.25. The van der Waals surface area contributed by atoms with E-state index in [4.69, 9.17) is 14.5 Å². The average Bonchev–Trinajstić information content (AvgIpc) is 2.91. The van der Waals surface area contributed by atoms with Gasteiger partial charge in [0.2, 0.25) is 0 Å². The maximum Gasteiger partial charge on any atom is 0.262 e. The first kappa shape index (κ1) is 27.7. The van der Waals surface area contributed by atoms with Crippen LogP contribution < -0.4 is 20.3 Å². The molecule has 8 nitrogen and oxygen atoms in total. The van der Waals surface area contributed by atoms with Gasteiger partial charge in [0.25, 0.3) is 11.5 Å². The number of methoxy groups -OCH3 is 2. The van der Waals surface area contributed by atoms with E-state index in [0.29, 0.717) is 38.8 Å². The summed E-state index contributed by atoms with van der Waals surface area (Å²) in [5, 5.41) is 3.86. The first-order valence-corrected chi connectivity index (χ1v) is 13.9. The number of carbonyl (C=O) groups is 2. The van der Waals surface area contributed by atoms with E-state index in [9.17, 15) is 14.4 Å². The second kappa shape index (κ2) is 11.6. The smallest absolute Gasteiger partial charge is 0.262 e. The molecule has 0 atom stereocenters. The summed E-state index contributed by atoms with van der Waals surface area (Å²) in [5.41, 5.74) is 0.753. The first-order chi connectivity index (χ1) is 18.1. The molecule has 0 aliphatic heterocycles. The lowest BCUT2D eigenvalue weighted by atomic mass is 9.92. The summed E-state index contributed by atoms with van der Waals surface area (Å²) >= 11 is 1.31. The van der Waals surface area contributed by atoms with Gasteiger partial charge in [-0.05, 0) is 43.2 Å². The van der Waals surface area contributed by atoms with Gasteiger partial charge in [0, 0.05) is 28.8 Å². The molecular weight excluding hydrogens is 502 g/mol. The molecule has 2 aromatic carbocycles. The molecule has 1 aromatic heterocycles. The minimum absolute atomic E-state index is 0.0633. The van der Waals surface area contributed by atoms with Crippen molar-refractivity contribution in [3.8, 4) is 11.5 Å². The van der Waals surface area contributed by atoms with E-state index in [1.165, 1.54) is 18.9 Å². The Labute approximate surface area is 227 Å². The van der Waals surface area contributed by atoms with Crippen molar-refractivity contribution in [3.05, 3.63) is 52.3 Å². The summed E-state index contributed by atoms with van der Waals surface area (Å²) < 4.78 is 12.4. The molecule has 202 valence electrons. The van der Waals surface area contributed by atoms with Crippen molar-refractivity contribution in [3.63, 3.8) is 0 Å². The number of carbonyl (C=O) groups excluding carboxylic acids is 2. The molecule has 1 aliphatic carbocycles. The molecular formula is C29H35N3O5S. The molecule has 0 spiro atoms. The fourth-order valence-electron chi connectivity index (χ4n) is 4.55. The number of thioether (sulfide) groups is 1. The predicted octanol–water partition coefficient (Wildman–Crippen LogP) is 5.88. The molecule has 0 radical (unpaired) electrons. The fourth-order valence-corrected chi connectivity index (χ4v) is 5.77. The summed E-state index contributed by atoms with van der Waals surface area (Å²) in [4.78, 5) is 44.3. The summed E-state index contributed by atoms with van der Waals surface area (Å²) in [6, 6.07) is 10.1. The van der Waals surface area contributed by atoms with E-state index >= 15 is 0 Å². The molecule has 1 amide bonds. The van der Waals surface area contributed by atoms with E-state index in [1.807, 2.05) is 20.8 Å². The van der Waals surface area contributed by atoms with E-state index in [1.54, 1.807) is 48.1 Å². The Morgan fingerprint density at radius 1 is 1.03 bits per heavy atom. The van der Waals surface area contributed by atoms with Crippen LogP contribution in [0.2, 0.25) is 0 Å². The van der Waals surface area contributed by atoms with Crippen molar-refractivity contribution in [2.45, 2.75) is 64.1 Å². The van der Waals surface area contributed by atoms with Gasteiger partial charge < -0.3 is 14.8 Å². The highest BCUT2D eigenvalue weighted by atomic mass is 32.2. The zero-order valence-electron chi connectivity index (χ0n) is 22.6. The Balaban J connectivity index is 1.69. The van der Waals surface area contributed by atoms with E-state index in [-0.39, 0.29) is 29.0 Å². The number of aromatic nitrogens is 2. The van der Waals surface area contributed by atoms with Crippen molar-refractivity contribution >= 4 is 40.0 Å². The summed E-state index contributed by atoms with van der Waals surface area (Å²) in [5.74, 6) is 1.04. The maximum atomic E-state index is 13.7. The van der Waals surface area contributed by atoms with Gasteiger partial charge in [-0.25, -0.2) is 4.98 Å². The highest BCUT2D eigenvalue weighted by molar-refractivity contribution is 7.99. The van der Waals surface area contributed by atoms with Gasteiger partial charge in [0.1, 0.15) is 5.78 Å². The van der Waals surface area contributed by atoms with Crippen LogP contribution in [0.3, 0.4) is 0 Å². The van der Waals surface area contributed by atoms with Crippen LogP contribution in [0, 0.1) is 5.41 Å². The molecule has 1 N–H and O–H groups in total. The number of ketones is 1. The Hall–Kier alpha value is -3.33. The lowest BCUT2D eigenvalue weighted by molar-refractivity contribution is -0.123.